The molecule has 0 radical (unpaired) electrons. The SMILES string of the molecule is Cc1cc(C)cc(Nc2nccc(-c3c(-c4ccc(Cl)cc4)ncn3C3CCN(C(=N)N)CC3)n2)c1. The number of nitrogens with zero attached hydrogens (tertiary/aromatic N) is 5. The molecule has 1 aliphatic rings. The molecule has 1 aliphatic heterocycles. The largest absolute Gasteiger partial charge is 0.370 e. The topological polar surface area (TPSA) is 109 Å². The molecule has 5 rings (SSSR count). The Morgan fingerprint density at radius 1 is 1.03 bits per heavy atom. The number of piperidine rings is 1. The number of aromatic nitrogens is 4. The number of rotatable bonds is 5. The maximum atomic E-state index is 7.76. The number of likely N-dealkylation sites (tertiary alicyclic amines) is 1. The highest BCUT2D eigenvalue weighted by Crippen LogP contribution is 2.36. The number of halogens is 1. The maximum Gasteiger partial charge on any atom is 0.227 e. The zero-order valence-electron chi connectivity index (χ0n) is 20.4. The summed E-state index contributed by atoms with van der Waals surface area (Å²) < 4.78 is 2.21. The van der Waals surface area contributed by atoms with E-state index in [-0.39, 0.29) is 12.0 Å². The summed E-state index contributed by atoms with van der Waals surface area (Å²) in [5.74, 6) is 0.651. The van der Waals surface area contributed by atoms with E-state index in [1.165, 1.54) is 11.1 Å². The molecule has 4 N–H and O–H groups in total. The minimum Gasteiger partial charge on any atom is -0.370 e. The average Bonchev–Trinajstić information content (AvgIpc) is 3.29. The van der Waals surface area contributed by atoms with Crippen molar-refractivity contribution < 1.29 is 0 Å². The van der Waals surface area contributed by atoms with Crippen molar-refractivity contribution in [3.05, 3.63) is 77.2 Å². The summed E-state index contributed by atoms with van der Waals surface area (Å²) in [5.41, 5.74) is 12.6. The molecular weight excluding hydrogens is 472 g/mol. The van der Waals surface area contributed by atoms with Gasteiger partial charge in [-0.3, -0.25) is 5.41 Å². The Morgan fingerprint density at radius 3 is 2.39 bits per heavy atom. The number of nitrogens with two attached hydrogens (primary N) is 1. The van der Waals surface area contributed by atoms with Crippen LogP contribution in [0.4, 0.5) is 11.6 Å². The molecule has 9 heteroatoms. The predicted octanol–water partition coefficient (Wildman–Crippen LogP) is 5.55. The van der Waals surface area contributed by atoms with Crippen LogP contribution in [0.15, 0.2) is 61.1 Å². The van der Waals surface area contributed by atoms with E-state index in [0.717, 1.165) is 54.3 Å². The van der Waals surface area contributed by atoms with Crippen molar-refractivity contribution in [1.29, 1.82) is 5.41 Å². The molecule has 4 aromatic rings. The van der Waals surface area contributed by atoms with Gasteiger partial charge in [0.2, 0.25) is 5.95 Å². The third-order valence-electron chi connectivity index (χ3n) is 6.49. The normalized spacial score (nSPS) is 14.1. The molecular formula is C27H29ClN8. The van der Waals surface area contributed by atoms with Crippen molar-refractivity contribution in [3.63, 3.8) is 0 Å². The quantitative estimate of drug-likeness (QED) is 0.245. The standard InChI is InChI=1S/C27H29ClN8/c1-17-13-18(2)15-21(14-17)33-27-31-10-7-23(34-27)25-24(19-3-5-20(28)6-4-19)32-16-36(25)22-8-11-35(12-9-22)26(29)30/h3-7,10,13-16,22H,8-9,11-12H2,1-2H3,(H3,29,30)(H,31,33,34). The number of guanidine groups is 1. The van der Waals surface area contributed by atoms with Crippen LogP contribution >= 0.6 is 11.6 Å². The maximum absolute atomic E-state index is 7.76. The van der Waals surface area contributed by atoms with Crippen molar-refractivity contribution in [2.45, 2.75) is 32.7 Å². The number of imidazole rings is 1. The first-order valence-electron chi connectivity index (χ1n) is 12.0. The summed E-state index contributed by atoms with van der Waals surface area (Å²) >= 11 is 6.16. The van der Waals surface area contributed by atoms with Gasteiger partial charge in [0, 0.05) is 41.6 Å². The lowest BCUT2D eigenvalue weighted by molar-refractivity contribution is 0.264. The Kier molecular flexibility index (Phi) is 6.61. The minimum atomic E-state index is 0.124. The van der Waals surface area contributed by atoms with Crippen LogP contribution in [-0.2, 0) is 0 Å². The Balaban J connectivity index is 1.54. The molecule has 8 nitrogen and oxygen atoms in total. The van der Waals surface area contributed by atoms with Gasteiger partial charge in [0.15, 0.2) is 5.96 Å². The van der Waals surface area contributed by atoms with E-state index in [0.29, 0.717) is 11.0 Å². The Labute approximate surface area is 215 Å². The fraction of sp³-hybridized carbons (Fsp3) is 0.259. The van der Waals surface area contributed by atoms with Crippen LogP contribution in [0.5, 0.6) is 0 Å². The van der Waals surface area contributed by atoms with Gasteiger partial charge in [0.25, 0.3) is 0 Å². The third kappa shape index (κ3) is 5.04. The second-order valence-electron chi connectivity index (χ2n) is 9.23. The highest BCUT2D eigenvalue weighted by Gasteiger charge is 2.26. The summed E-state index contributed by atoms with van der Waals surface area (Å²) in [6.07, 6.45) is 5.39. The Bertz CT molecular complexity index is 1370. The smallest absolute Gasteiger partial charge is 0.227 e. The van der Waals surface area contributed by atoms with Crippen LogP contribution in [0, 0.1) is 19.3 Å². The summed E-state index contributed by atoms with van der Waals surface area (Å²) in [7, 11) is 0. The number of aryl methyl sites for hydroxylation is 2. The van der Waals surface area contributed by atoms with Gasteiger partial charge in [-0.25, -0.2) is 15.0 Å². The first-order valence-corrected chi connectivity index (χ1v) is 12.4. The molecule has 2 aromatic carbocycles. The molecule has 0 unspecified atom stereocenters. The lowest BCUT2D eigenvalue weighted by Crippen LogP contribution is -2.42. The summed E-state index contributed by atoms with van der Waals surface area (Å²) in [5, 5.41) is 11.8. The Morgan fingerprint density at radius 2 is 1.72 bits per heavy atom. The zero-order valence-corrected chi connectivity index (χ0v) is 21.1. The lowest BCUT2D eigenvalue weighted by Gasteiger charge is -2.33. The lowest BCUT2D eigenvalue weighted by atomic mass is 10.0. The predicted molar refractivity (Wildman–Crippen MR) is 145 cm³/mol. The van der Waals surface area contributed by atoms with Gasteiger partial charge in [-0.15, -0.1) is 0 Å². The number of anilines is 2. The number of hydrogen-bond donors (Lipinski definition) is 3. The molecule has 1 saturated heterocycles. The second kappa shape index (κ2) is 9.99. The van der Waals surface area contributed by atoms with Gasteiger partial charge in [0.1, 0.15) is 0 Å². The molecule has 3 heterocycles. The van der Waals surface area contributed by atoms with Gasteiger partial charge in [0.05, 0.1) is 23.4 Å². The van der Waals surface area contributed by atoms with Crippen LogP contribution in [0.1, 0.15) is 30.0 Å². The van der Waals surface area contributed by atoms with Gasteiger partial charge in [-0.2, -0.15) is 0 Å². The van der Waals surface area contributed by atoms with Crippen LogP contribution in [0.3, 0.4) is 0 Å². The fourth-order valence-corrected chi connectivity index (χ4v) is 4.95. The van der Waals surface area contributed by atoms with Gasteiger partial charge < -0.3 is 20.5 Å². The molecule has 0 aliphatic carbocycles. The molecule has 0 atom stereocenters. The van der Waals surface area contributed by atoms with Crippen molar-refractivity contribution in [1.82, 2.24) is 24.4 Å². The van der Waals surface area contributed by atoms with Crippen molar-refractivity contribution in [3.8, 4) is 22.6 Å². The van der Waals surface area contributed by atoms with Gasteiger partial charge >= 0.3 is 0 Å². The van der Waals surface area contributed by atoms with Crippen molar-refractivity contribution >= 4 is 29.2 Å². The monoisotopic (exact) mass is 500 g/mol. The summed E-state index contributed by atoms with van der Waals surface area (Å²) in [6.45, 7) is 5.61. The van der Waals surface area contributed by atoms with E-state index >= 15 is 0 Å². The molecule has 2 aromatic heterocycles. The van der Waals surface area contributed by atoms with Gasteiger partial charge in [-0.1, -0.05) is 29.8 Å². The van der Waals surface area contributed by atoms with E-state index in [4.69, 9.17) is 32.7 Å². The summed E-state index contributed by atoms with van der Waals surface area (Å²) in [6, 6.07) is 16.1. The van der Waals surface area contributed by atoms with Crippen LogP contribution in [-0.4, -0.2) is 43.5 Å². The molecule has 184 valence electrons. The van der Waals surface area contributed by atoms with E-state index in [1.54, 1.807) is 6.20 Å². The highest BCUT2D eigenvalue weighted by molar-refractivity contribution is 6.30. The third-order valence-corrected chi connectivity index (χ3v) is 6.74. The number of nitrogens with one attached hydrogen (secondary N) is 2. The summed E-state index contributed by atoms with van der Waals surface area (Å²) in [4.78, 5) is 16.1. The first kappa shape index (κ1) is 23.8. The molecule has 0 amide bonds. The molecule has 0 saturated carbocycles. The first-order chi connectivity index (χ1) is 17.4. The van der Waals surface area contributed by atoms with Crippen molar-refractivity contribution in [2.75, 3.05) is 18.4 Å². The van der Waals surface area contributed by atoms with Crippen LogP contribution < -0.4 is 11.1 Å². The second-order valence-corrected chi connectivity index (χ2v) is 9.66. The van der Waals surface area contributed by atoms with E-state index in [2.05, 4.69) is 46.9 Å². The van der Waals surface area contributed by atoms with Crippen LogP contribution in [0.2, 0.25) is 5.02 Å². The van der Waals surface area contributed by atoms with Gasteiger partial charge in [-0.05, 0) is 68.1 Å². The number of hydrogen-bond acceptors (Lipinski definition) is 5. The molecule has 1 fully saturated rings. The zero-order chi connectivity index (χ0) is 25.2. The molecule has 0 bridgehead atoms. The van der Waals surface area contributed by atoms with E-state index in [9.17, 15) is 0 Å². The molecule has 0 spiro atoms. The minimum absolute atomic E-state index is 0.124. The fourth-order valence-electron chi connectivity index (χ4n) is 4.82. The molecule has 36 heavy (non-hydrogen) atoms. The van der Waals surface area contributed by atoms with Crippen LogP contribution in [0.25, 0.3) is 22.6 Å². The number of benzene rings is 2. The van der Waals surface area contributed by atoms with Crippen molar-refractivity contribution in [2.24, 2.45) is 5.73 Å². The Hall–Kier alpha value is -3.91. The average molecular weight is 501 g/mol. The van der Waals surface area contributed by atoms with E-state index < -0.39 is 0 Å². The van der Waals surface area contributed by atoms with E-state index in [1.807, 2.05) is 41.6 Å². The highest BCUT2D eigenvalue weighted by atomic mass is 35.5.